The summed E-state index contributed by atoms with van der Waals surface area (Å²) in [6, 6.07) is 0. The van der Waals surface area contributed by atoms with Gasteiger partial charge in [-0.2, -0.15) is 0 Å². The zero-order valence-corrected chi connectivity index (χ0v) is 9.04. The molecule has 1 atom stereocenters. The topological polar surface area (TPSA) is 20.2 Å². The second-order valence-electron chi connectivity index (χ2n) is 3.38. The van der Waals surface area contributed by atoms with E-state index in [1.54, 1.807) is 0 Å². The lowest BCUT2D eigenvalue weighted by Crippen LogP contribution is -2.34. The van der Waals surface area contributed by atoms with Crippen LogP contribution in [0.4, 0.5) is 0 Å². The molecule has 1 aliphatic carbocycles. The molecule has 0 aromatic rings. The molecule has 1 fully saturated rings. The molecular formula is C8H13Cl3O. The van der Waals surface area contributed by atoms with E-state index in [1.807, 2.05) is 0 Å². The molecule has 0 radical (unpaired) electrons. The third-order valence-electron chi connectivity index (χ3n) is 2.43. The lowest BCUT2D eigenvalue weighted by molar-refractivity contribution is 0.0880. The van der Waals surface area contributed by atoms with Crippen molar-refractivity contribution in [3.63, 3.8) is 0 Å². The Hall–Kier alpha value is 0.830. The van der Waals surface area contributed by atoms with Gasteiger partial charge < -0.3 is 5.11 Å². The van der Waals surface area contributed by atoms with Gasteiger partial charge in [0.15, 0.2) is 0 Å². The van der Waals surface area contributed by atoms with Gasteiger partial charge in [-0.3, -0.25) is 0 Å². The minimum atomic E-state index is -1.51. The van der Waals surface area contributed by atoms with Gasteiger partial charge in [0, 0.05) is 0 Å². The van der Waals surface area contributed by atoms with Gasteiger partial charge in [0.25, 0.3) is 0 Å². The van der Waals surface area contributed by atoms with Gasteiger partial charge in [0.1, 0.15) is 6.10 Å². The van der Waals surface area contributed by atoms with Crippen molar-refractivity contribution in [2.75, 3.05) is 0 Å². The first-order valence-corrected chi connectivity index (χ1v) is 5.40. The predicted molar refractivity (Wildman–Crippen MR) is 52.9 cm³/mol. The minimum Gasteiger partial charge on any atom is -0.388 e. The molecule has 0 aromatic carbocycles. The first-order chi connectivity index (χ1) is 5.52. The van der Waals surface area contributed by atoms with E-state index in [0.29, 0.717) is 0 Å². The molecule has 1 unspecified atom stereocenters. The number of hydrogen-bond donors (Lipinski definition) is 1. The van der Waals surface area contributed by atoms with Crippen LogP contribution in [-0.4, -0.2) is 15.0 Å². The largest absolute Gasteiger partial charge is 0.388 e. The Morgan fingerprint density at radius 1 is 1.08 bits per heavy atom. The van der Waals surface area contributed by atoms with Crippen LogP contribution < -0.4 is 0 Å². The highest BCUT2D eigenvalue weighted by Crippen LogP contribution is 2.39. The summed E-state index contributed by atoms with van der Waals surface area (Å²) in [5.74, 6) is 0.172. The average Bonchev–Trinajstić information content (AvgIpc) is 2.03. The van der Waals surface area contributed by atoms with Crippen LogP contribution in [0.25, 0.3) is 0 Å². The highest BCUT2D eigenvalue weighted by molar-refractivity contribution is 6.68. The van der Waals surface area contributed by atoms with Gasteiger partial charge in [-0.05, 0) is 18.8 Å². The summed E-state index contributed by atoms with van der Waals surface area (Å²) in [6.45, 7) is 0. The van der Waals surface area contributed by atoms with Crippen molar-refractivity contribution in [2.45, 2.75) is 42.0 Å². The van der Waals surface area contributed by atoms with Crippen molar-refractivity contribution in [3.05, 3.63) is 0 Å². The molecule has 0 saturated heterocycles. The molecule has 0 spiro atoms. The van der Waals surface area contributed by atoms with Crippen LogP contribution in [0, 0.1) is 5.92 Å². The summed E-state index contributed by atoms with van der Waals surface area (Å²) in [7, 11) is 0. The molecule has 1 rings (SSSR count). The van der Waals surface area contributed by atoms with E-state index < -0.39 is 9.90 Å². The van der Waals surface area contributed by atoms with Gasteiger partial charge in [-0.1, -0.05) is 54.1 Å². The van der Waals surface area contributed by atoms with Crippen LogP contribution in [-0.2, 0) is 0 Å². The smallest absolute Gasteiger partial charge is 0.216 e. The van der Waals surface area contributed by atoms with Gasteiger partial charge >= 0.3 is 0 Å². The Morgan fingerprint density at radius 2 is 1.58 bits per heavy atom. The van der Waals surface area contributed by atoms with Crippen LogP contribution in [0.2, 0.25) is 0 Å². The van der Waals surface area contributed by atoms with E-state index in [9.17, 15) is 5.11 Å². The van der Waals surface area contributed by atoms with E-state index in [2.05, 4.69) is 0 Å². The Kier molecular flexibility index (Phi) is 3.97. The number of rotatable bonds is 1. The lowest BCUT2D eigenvalue weighted by atomic mass is 9.86. The molecule has 1 saturated carbocycles. The summed E-state index contributed by atoms with van der Waals surface area (Å²) in [4.78, 5) is 0. The maximum Gasteiger partial charge on any atom is 0.216 e. The van der Waals surface area contributed by atoms with E-state index in [-0.39, 0.29) is 5.92 Å². The summed E-state index contributed by atoms with van der Waals surface area (Å²) in [5.41, 5.74) is 0. The lowest BCUT2D eigenvalue weighted by Gasteiger charge is -2.30. The fraction of sp³-hybridized carbons (Fsp3) is 1.00. The number of aliphatic hydroxyl groups excluding tert-OH is 1. The molecule has 4 heteroatoms. The first kappa shape index (κ1) is 10.9. The number of aliphatic hydroxyl groups is 1. The molecule has 0 bridgehead atoms. The molecule has 0 aromatic heterocycles. The maximum absolute atomic E-state index is 9.61. The zero-order valence-electron chi connectivity index (χ0n) is 6.77. The second-order valence-corrected chi connectivity index (χ2v) is 5.75. The summed E-state index contributed by atoms with van der Waals surface area (Å²) in [5, 5.41) is 9.61. The van der Waals surface area contributed by atoms with Crippen LogP contribution in [0.1, 0.15) is 32.1 Å². The maximum atomic E-state index is 9.61. The van der Waals surface area contributed by atoms with Crippen LogP contribution >= 0.6 is 34.8 Å². The molecule has 12 heavy (non-hydrogen) atoms. The third-order valence-corrected chi connectivity index (χ3v) is 3.10. The Labute approximate surface area is 88.0 Å². The molecule has 0 aliphatic heterocycles. The highest BCUT2D eigenvalue weighted by Gasteiger charge is 2.37. The summed E-state index contributed by atoms with van der Waals surface area (Å²) in [6.07, 6.45) is 4.68. The van der Waals surface area contributed by atoms with E-state index >= 15 is 0 Å². The van der Waals surface area contributed by atoms with Crippen molar-refractivity contribution in [1.82, 2.24) is 0 Å². The van der Waals surface area contributed by atoms with E-state index in [1.165, 1.54) is 6.42 Å². The van der Waals surface area contributed by atoms with Crippen molar-refractivity contribution in [2.24, 2.45) is 5.92 Å². The number of alkyl halides is 3. The van der Waals surface area contributed by atoms with Crippen LogP contribution in [0.5, 0.6) is 0 Å². The molecular weight excluding hydrogens is 218 g/mol. The predicted octanol–water partition coefficient (Wildman–Crippen LogP) is 3.30. The third kappa shape index (κ3) is 2.95. The van der Waals surface area contributed by atoms with Crippen LogP contribution in [0.3, 0.4) is 0 Å². The Bertz CT molecular complexity index is 138. The van der Waals surface area contributed by atoms with Gasteiger partial charge in [-0.15, -0.1) is 0 Å². The average molecular weight is 232 g/mol. The summed E-state index contributed by atoms with van der Waals surface area (Å²) < 4.78 is -1.51. The normalized spacial score (nSPS) is 24.0. The molecule has 0 heterocycles. The van der Waals surface area contributed by atoms with Crippen molar-refractivity contribution in [3.8, 4) is 0 Å². The fourth-order valence-electron chi connectivity index (χ4n) is 1.72. The van der Waals surface area contributed by atoms with Gasteiger partial charge in [-0.25, -0.2) is 0 Å². The highest BCUT2D eigenvalue weighted by atomic mass is 35.6. The minimum absolute atomic E-state index is 0.172. The van der Waals surface area contributed by atoms with Gasteiger partial charge in [0.2, 0.25) is 3.79 Å². The SMILES string of the molecule is OC(C1CCCCC1)C(Cl)(Cl)Cl. The van der Waals surface area contributed by atoms with Crippen molar-refractivity contribution < 1.29 is 5.11 Å². The van der Waals surface area contributed by atoms with E-state index in [0.717, 1.165) is 25.7 Å². The molecule has 1 N–H and O–H groups in total. The first-order valence-electron chi connectivity index (χ1n) is 4.26. The Balaban J connectivity index is 2.45. The van der Waals surface area contributed by atoms with Crippen molar-refractivity contribution in [1.29, 1.82) is 0 Å². The Morgan fingerprint density at radius 3 is 2.00 bits per heavy atom. The standard InChI is InChI=1S/C8H13Cl3O/c9-8(10,11)7(12)6-4-2-1-3-5-6/h6-7,12H,1-5H2. The number of hydrogen-bond acceptors (Lipinski definition) is 1. The molecule has 1 nitrogen and oxygen atoms in total. The molecule has 1 aliphatic rings. The van der Waals surface area contributed by atoms with Crippen LogP contribution in [0.15, 0.2) is 0 Å². The quantitative estimate of drug-likeness (QED) is 0.687. The number of halogens is 3. The molecule has 72 valence electrons. The second kappa shape index (κ2) is 4.36. The monoisotopic (exact) mass is 230 g/mol. The zero-order chi connectivity index (χ0) is 9.19. The fourth-order valence-corrected chi connectivity index (χ4v) is 2.25. The van der Waals surface area contributed by atoms with Crippen molar-refractivity contribution >= 4 is 34.8 Å². The van der Waals surface area contributed by atoms with E-state index in [4.69, 9.17) is 34.8 Å². The summed E-state index contributed by atoms with van der Waals surface area (Å²) >= 11 is 16.8. The van der Waals surface area contributed by atoms with Gasteiger partial charge in [0.05, 0.1) is 0 Å². The molecule has 0 amide bonds.